The van der Waals surface area contributed by atoms with E-state index in [1.165, 1.54) is 18.2 Å². The van der Waals surface area contributed by atoms with Crippen molar-refractivity contribution in [1.82, 2.24) is 15.0 Å². The molecule has 0 aliphatic rings. The number of esters is 5. The molecule has 1 heterocycles. The molecule has 0 fully saturated rings. The van der Waals surface area contributed by atoms with E-state index in [9.17, 15) is 28.8 Å². The van der Waals surface area contributed by atoms with Crippen molar-refractivity contribution in [2.45, 2.75) is 79.7 Å². The van der Waals surface area contributed by atoms with Crippen molar-refractivity contribution < 1.29 is 56.9 Å². The number of nitrogens with one attached hydrogen (secondary N) is 3. The summed E-state index contributed by atoms with van der Waals surface area (Å²) in [7, 11) is -5.88. The summed E-state index contributed by atoms with van der Waals surface area (Å²) in [5.41, 5.74) is 2.52. The number of benzene rings is 3. The number of aromatic nitrogens is 3. The molecule has 0 unspecified atom stereocenters. The maximum atomic E-state index is 13.0. The van der Waals surface area contributed by atoms with E-state index in [2.05, 4.69) is 30.9 Å². The summed E-state index contributed by atoms with van der Waals surface area (Å²) in [4.78, 5) is 91.2. The van der Waals surface area contributed by atoms with Gasteiger partial charge in [-0.15, -0.1) is 0 Å². The molecule has 4 rings (SSSR count). The minimum absolute atomic E-state index is 0.0775. The fraction of sp³-hybridized carbons (Fsp3) is 0.340. The Morgan fingerprint density at radius 3 is 0.901 bits per heavy atom. The topological polar surface area (TPSA) is 233 Å². The number of hydrogen-bond donors (Lipinski definition) is 3. The van der Waals surface area contributed by atoms with Crippen molar-refractivity contribution in [2.24, 2.45) is 0 Å². The molecule has 71 heavy (non-hydrogen) atoms. The summed E-state index contributed by atoms with van der Waals surface area (Å²) >= 11 is 0. The second-order valence-electron chi connectivity index (χ2n) is 19.2. The lowest BCUT2D eigenvalue weighted by molar-refractivity contribution is -0.147. The first-order valence-electron chi connectivity index (χ1n) is 23.0. The highest BCUT2D eigenvalue weighted by molar-refractivity contribution is 6.76. The van der Waals surface area contributed by atoms with E-state index < -0.39 is 60.3 Å². The van der Waals surface area contributed by atoms with Crippen LogP contribution in [0.1, 0.15) is 37.5 Å². The molecule has 0 spiro atoms. The molecular weight excluding hydrogens is 961 g/mol. The summed E-state index contributed by atoms with van der Waals surface area (Å²) in [6.45, 7) is 23.0. The molecular formula is C50H64N6O12Si3. The van der Waals surface area contributed by atoms with Crippen molar-refractivity contribution in [3.63, 3.8) is 0 Å². The van der Waals surface area contributed by atoms with Crippen LogP contribution in [0.3, 0.4) is 0 Å². The van der Waals surface area contributed by atoms with Gasteiger partial charge in [0.1, 0.15) is 16.7 Å². The predicted molar refractivity (Wildman–Crippen MR) is 281 cm³/mol. The van der Waals surface area contributed by atoms with Crippen LogP contribution in [0.15, 0.2) is 89.5 Å². The lowest BCUT2D eigenvalue weighted by Gasteiger charge is -2.18. The molecule has 0 radical (unpaired) electrons. The molecule has 0 amide bonds. The fourth-order valence-electron chi connectivity index (χ4n) is 5.70. The van der Waals surface area contributed by atoms with Gasteiger partial charge in [0.15, 0.2) is 0 Å². The molecule has 378 valence electrons. The van der Waals surface area contributed by atoms with Crippen LogP contribution in [-0.4, -0.2) is 108 Å². The summed E-state index contributed by atoms with van der Waals surface area (Å²) in [5.74, 6) is -4.32. The first kappa shape index (κ1) is 56.3. The molecule has 3 aromatic carbocycles. The lowest BCUT2D eigenvalue weighted by atomic mass is 10.1. The Hall–Kier alpha value is -7.24. The van der Waals surface area contributed by atoms with Gasteiger partial charge in [0, 0.05) is 17.1 Å². The van der Waals surface area contributed by atoms with Gasteiger partial charge >= 0.3 is 35.8 Å². The van der Waals surface area contributed by atoms with Crippen molar-refractivity contribution >= 4 is 113 Å². The average molecular weight is 1030 g/mol. The molecule has 0 bridgehead atoms. The quantitative estimate of drug-likeness (QED) is 0.0157. The first-order chi connectivity index (χ1) is 33.3. The van der Waals surface area contributed by atoms with Gasteiger partial charge in [0.2, 0.25) is 26.2 Å². The second-order valence-corrected chi connectivity index (χ2v) is 34.4. The molecule has 0 saturated heterocycles. The van der Waals surface area contributed by atoms with Crippen LogP contribution >= 0.6 is 0 Å². The number of carbonyl (C=O) groups is 6. The summed E-state index contributed by atoms with van der Waals surface area (Å²) in [5, 5.41) is 9.52. The molecule has 3 N–H and O–H groups in total. The highest BCUT2D eigenvalue weighted by Gasteiger charge is 2.28. The monoisotopic (exact) mass is 1020 g/mol. The van der Waals surface area contributed by atoms with Gasteiger partial charge in [0.05, 0.1) is 48.4 Å². The maximum Gasteiger partial charge on any atom is 0.345 e. The Kier molecular flexibility index (Phi) is 20.3. The lowest BCUT2D eigenvalue weighted by Crippen LogP contribution is -2.32. The van der Waals surface area contributed by atoms with Crippen molar-refractivity contribution in [3.8, 4) is 0 Å². The highest BCUT2D eigenvalue weighted by atomic mass is 28.4. The highest BCUT2D eigenvalue weighted by Crippen LogP contribution is 2.25. The average Bonchev–Trinajstić information content (AvgIpc) is 3.28. The van der Waals surface area contributed by atoms with Gasteiger partial charge in [-0.05, 0) is 112 Å². The number of anilines is 6. The third kappa shape index (κ3) is 19.6. The Morgan fingerprint density at radius 2 is 0.662 bits per heavy atom. The van der Waals surface area contributed by atoms with Gasteiger partial charge in [-0.25, -0.2) is 28.8 Å². The molecule has 4 aromatic rings. The largest absolute Gasteiger partial charge is 0.516 e. The SMILES string of the molecule is CCOC(=O)/C(=C\c1ccc(Nc2nc(Nc3ccc(/C=C(\C(=O)OCC)C(=O)OC[Si](C)(C)C)cc3)nc(Nc3ccc(/C=C(\C(=O)OCC)C(=O)O[Si](C)(C)C)cc3)n2)cc1)C(=O)OC[Si](C)(C)C. The van der Waals surface area contributed by atoms with Gasteiger partial charge < -0.3 is 44.1 Å². The number of rotatable bonds is 23. The van der Waals surface area contributed by atoms with E-state index in [0.717, 1.165) is 0 Å². The zero-order chi connectivity index (χ0) is 52.5. The van der Waals surface area contributed by atoms with Gasteiger partial charge in [-0.1, -0.05) is 75.7 Å². The van der Waals surface area contributed by atoms with Gasteiger partial charge in [-0.2, -0.15) is 15.0 Å². The Morgan fingerprint density at radius 1 is 0.408 bits per heavy atom. The normalized spacial score (nSPS) is 12.3. The molecule has 0 saturated carbocycles. The van der Waals surface area contributed by atoms with Crippen molar-refractivity contribution in [1.29, 1.82) is 0 Å². The Balaban J connectivity index is 1.69. The van der Waals surface area contributed by atoms with Crippen LogP contribution in [0.2, 0.25) is 58.9 Å². The van der Waals surface area contributed by atoms with Gasteiger partial charge in [0.25, 0.3) is 0 Å². The maximum absolute atomic E-state index is 13.0. The van der Waals surface area contributed by atoms with Crippen LogP contribution in [0.5, 0.6) is 0 Å². The van der Waals surface area contributed by atoms with E-state index in [1.54, 1.807) is 93.6 Å². The van der Waals surface area contributed by atoms with E-state index in [4.69, 9.17) is 28.1 Å². The Labute approximate surface area is 417 Å². The standard InChI is InChI=1S/C50H64N6O12Si3/c1-13-63-42(57)39(45(60)66-31-69(4,5)6)28-33-16-22-36(23-17-33)51-48-54-49(52-37-24-18-34(19-25-37)29-40(43(58)64-14-2)46(61)67-32-70(7,8)9)56-50(55-48)53-38-26-20-35(21-27-38)30-41(44(59)65-15-3)47(62)68-71(10,11)12/h16-30H,13-15,31-32H2,1-12H3,(H3,51,52,53,54,55,56)/b39-28+,40-29+,41-30+. The minimum Gasteiger partial charge on any atom is -0.516 e. The van der Waals surface area contributed by atoms with Crippen molar-refractivity contribution in [3.05, 3.63) is 106 Å². The number of hydrogen-bond acceptors (Lipinski definition) is 18. The van der Waals surface area contributed by atoms with Crippen LogP contribution in [-0.2, 0) is 56.9 Å². The number of carbonyl (C=O) groups excluding carboxylic acids is 6. The molecule has 0 aliphatic heterocycles. The zero-order valence-corrected chi connectivity index (χ0v) is 45.4. The van der Waals surface area contributed by atoms with E-state index in [-0.39, 0.29) is 66.8 Å². The molecule has 0 atom stereocenters. The number of nitrogens with zero attached hydrogens (tertiary/aromatic N) is 3. The number of ether oxygens (including phenoxy) is 5. The summed E-state index contributed by atoms with van der Waals surface area (Å²) in [6.07, 6.45) is 4.71. The van der Waals surface area contributed by atoms with Crippen LogP contribution in [0, 0.1) is 0 Å². The molecule has 21 heteroatoms. The van der Waals surface area contributed by atoms with Crippen molar-refractivity contribution in [2.75, 3.05) is 48.2 Å². The summed E-state index contributed by atoms with van der Waals surface area (Å²) in [6, 6.07) is 20.4. The van der Waals surface area contributed by atoms with Crippen LogP contribution in [0.4, 0.5) is 34.9 Å². The zero-order valence-electron chi connectivity index (χ0n) is 42.4. The smallest absolute Gasteiger partial charge is 0.345 e. The fourth-order valence-corrected chi connectivity index (χ4v) is 7.50. The van der Waals surface area contributed by atoms with E-state index in [0.29, 0.717) is 33.8 Å². The molecule has 18 nitrogen and oxygen atoms in total. The minimum atomic E-state index is -2.34. The molecule has 0 aliphatic carbocycles. The molecule has 1 aromatic heterocycles. The Bertz CT molecular complexity index is 2510. The first-order valence-corrected chi connectivity index (χ1v) is 33.8. The third-order valence-electron chi connectivity index (χ3n) is 8.89. The van der Waals surface area contributed by atoms with E-state index in [1.807, 2.05) is 58.9 Å². The van der Waals surface area contributed by atoms with Gasteiger partial charge in [-0.3, -0.25) is 0 Å². The van der Waals surface area contributed by atoms with Crippen LogP contribution in [0.25, 0.3) is 18.2 Å². The second kappa shape index (κ2) is 25.6. The summed E-state index contributed by atoms with van der Waals surface area (Å²) < 4.78 is 32.0. The predicted octanol–water partition coefficient (Wildman–Crippen LogP) is 9.16. The van der Waals surface area contributed by atoms with E-state index >= 15 is 0 Å². The third-order valence-corrected chi connectivity index (χ3v) is 11.7. The van der Waals surface area contributed by atoms with Crippen LogP contribution < -0.4 is 16.0 Å².